The second-order valence-corrected chi connectivity index (χ2v) is 7.31. The van der Waals surface area contributed by atoms with Gasteiger partial charge in [-0.25, -0.2) is 0 Å². The number of hydrogen-bond acceptors (Lipinski definition) is 3. The van der Waals surface area contributed by atoms with Gasteiger partial charge in [0.05, 0.1) is 15.4 Å². The van der Waals surface area contributed by atoms with Crippen LogP contribution in [-0.2, 0) is 0 Å². The summed E-state index contributed by atoms with van der Waals surface area (Å²) in [5, 5.41) is 3.13. The molecule has 0 unspecified atom stereocenters. The summed E-state index contributed by atoms with van der Waals surface area (Å²) in [6, 6.07) is 3.83. The standard InChI is InChI=1S/C15H22N2OS2/c1-11-7-8-12(20-11)13(18)17-15(14(16)19)9-5-3-2-4-6-10-15/h7-8H,2-6,9-10H2,1H3,(H2,16,19)(H,17,18). The van der Waals surface area contributed by atoms with Crippen molar-refractivity contribution >= 4 is 34.5 Å². The van der Waals surface area contributed by atoms with Crippen molar-refractivity contribution < 1.29 is 4.79 Å². The Morgan fingerprint density at radius 2 is 1.85 bits per heavy atom. The van der Waals surface area contributed by atoms with Gasteiger partial charge in [0.25, 0.3) is 5.91 Å². The van der Waals surface area contributed by atoms with Crippen LogP contribution in [0.1, 0.15) is 59.5 Å². The minimum Gasteiger partial charge on any atom is -0.391 e. The van der Waals surface area contributed by atoms with Gasteiger partial charge in [0.2, 0.25) is 0 Å². The molecule has 1 aliphatic rings. The maximum absolute atomic E-state index is 12.4. The molecule has 0 saturated heterocycles. The van der Waals surface area contributed by atoms with Crippen LogP contribution >= 0.6 is 23.6 Å². The number of hydrogen-bond donors (Lipinski definition) is 2. The van der Waals surface area contributed by atoms with Crippen LogP contribution in [-0.4, -0.2) is 16.4 Å². The molecule has 0 aromatic carbocycles. The number of nitrogens with two attached hydrogens (primary N) is 1. The van der Waals surface area contributed by atoms with Crippen molar-refractivity contribution in [3.63, 3.8) is 0 Å². The molecule has 0 radical (unpaired) electrons. The van der Waals surface area contributed by atoms with Gasteiger partial charge < -0.3 is 11.1 Å². The van der Waals surface area contributed by atoms with E-state index in [1.807, 2.05) is 19.1 Å². The largest absolute Gasteiger partial charge is 0.391 e. The first-order valence-corrected chi connectivity index (χ1v) is 8.45. The lowest BCUT2D eigenvalue weighted by Crippen LogP contribution is -2.56. The number of rotatable bonds is 3. The van der Waals surface area contributed by atoms with E-state index in [2.05, 4.69) is 5.32 Å². The highest BCUT2D eigenvalue weighted by Crippen LogP contribution is 2.28. The van der Waals surface area contributed by atoms with E-state index in [4.69, 9.17) is 18.0 Å². The van der Waals surface area contributed by atoms with E-state index in [9.17, 15) is 4.79 Å². The molecule has 1 heterocycles. The second kappa shape index (κ2) is 6.68. The summed E-state index contributed by atoms with van der Waals surface area (Å²) in [6.45, 7) is 2.00. The molecule has 1 saturated carbocycles. The molecule has 1 fully saturated rings. The Morgan fingerprint density at radius 1 is 1.25 bits per heavy atom. The number of carbonyl (C=O) groups is 1. The van der Waals surface area contributed by atoms with E-state index in [1.165, 1.54) is 30.6 Å². The zero-order valence-electron chi connectivity index (χ0n) is 11.9. The average molecular weight is 310 g/mol. The fourth-order valence-electron chi connectivity index (χ4n) is 2.78. The van der Waals surface area contributed by atoms with Gasteiger partial charge in [-0.15, -0.1) is 11.3 Å². The maximum atomic E-state index is 12.4. The average Bonchev–Trinajstić information content (AvgIpc) is 2.79. The zero-order chi connectivity index (χ0) is 14.6. The Bertz CT molecular complexity index is 488. The Hall–Kier alpha value is -0.940. The fourth-order valence-corrected chi connectivity index (χ4v) is 3.80. The Morgan fingerprint density at radius 3 is 2.35 bits per heavy atom. The van der Waals surface area contributed by atoms with Crippen LogP contribution in [0.4, 0.5) is 0 Å². The molecule has 1 aromatic rings. The Labute approximate surface area is 129 Å². The van der Waals surface area contributed by atoms with Crippen molar-refractivity contribution in [3.05, 3.63) is 21.9 Å². The number of nitrogens with one attached hydrogen (secondary N) is 1. The van der Waals surface area contributed by atoms with E-state index in [0.717, 1.165) is 35.4 Å². The second-order valence-electron chi connectivity index (χ2n) is 5.58. The smallest absolute Gasteiger partial charge is 0.262 e. The minimum absolute atomic E-state index is 0.0449. The summed E-state index contributed by atoms with van der Waals surface area (Å²) >= 11 is 6.78. The predicted octanol–water partition coefficient (Wildman–Crippen LogP) is 3.56. The van der Waals surface area contributed by atoms with Gasteiger partial charge in [-0.1, -0.05) is 44.3 Å². The van der Waals surface area contributed by atoms with E-state index in [0.29, 0.717) is 4.99 Å². The van der Waals surface area contributed by atoms with Crippen molar-refractivity contribution in [1.82, 2.24) is 5.32 Å². The molecule has 1 aromatic heterocycles. The van der Waals surface area contributed by atoms with E-state index in [-0.39, 0.29) is 5.91 Å². The Balaban J connectivity index is 2.15. The normalized spacial score (nSPS) is 18.9. The maximum Gasteiger partial charge on any atom is 0.262 e. The molecule has 1 amide bonds. The first-order valence-electron chi connectivity index (χ1n) is 7.22. The van der Waals surface area contributed by atoms with Crippen LogP contribution in [0, 0.1) is 6.92 Å². The highest BCUT2D eigenvalue weighted by atomic mass is 32.1. The lowest BCUT2D eigenvalue weighted by Gasteiger charge is -2.35. The number of carbonyl (C=O) groups excluding carboxylic acids is 1. The fraction of sp³-hybridized carbons (Fsp3) is 0.600. The van der Waals surface area contributed by atoms with Gasteiger partial charge in [0.15, 0.2) is 0 Å². The monoisotopic (exact) mass is 310 g/mol. The summed E-state index contributed by atoms with van der Waals surface area (Å²) in [5.41, 5.74) is 5.48. The molecule has 0 spiro atoms. The number of thiophene rings is 1. The molecule has 5 heteroatoms. The van der Waals surface area contributed by atoms with Crippen molar-refractivity contribution in [2.75, 3.05) is 0 Å². The lowest BCUT2D eigenvalue weighted by molar-refractivity contribution is 0.0917. The highest BCUT2D eigenvalue weighted by Gasteiger charge is 2.35. The van der Waals surface area contributed by atoms with Crippen LogP contribution in [0.2, 0.25) is 0 Å². The number of thiocarbonyl (C=S) groups is 1. The van der Waals surface area contributed by atoms with Gasteiger partial charge in [-0.3, -0.25) is 4.79 Å². The molecule has 1 aliphatic carbocycles. The summed E-state index contributed by atoms with van der Waals surface area (Å²) in [6.07, 6.45) is 7.52. The van der Waals surface area contributed by atoms with Crippen molar-refractivity contribution in [3.8, 4) is 0 Å². The molecule has 0 atom stereocenters. The lowest BCUT2D eigenvalue weighted by atomic mass is 9.83. The third-order valence-corrected chi connectivity index (χ3v) is 5.39. The van der Waals surface area contributed by atoms with Gasteiger partial charge >= 0.3 is 0 Å². The molecule has 3 nitrogen and oxygen atoms in total. The molecule has 3 N–H and O–H groups in total. The van der Waals surface area contributed by atoms with Crippen molar-refractivity contribution in [2.45, 2.75) is 57.4 Å². The summed E-state index contributed by atoms with van der Waals surface area (Å²) in [4.78, 5) is 14.7. The molecule has 0 aliphatic heterocycles. The van der Waals surface area contributed by atoms with Crippen molar-refractivity contribution in [2.24, 2.45) is 5.73 Å². The van der Waals surface area contributed by atoms with Gasteiger partial charge in [0.1, 0.15) is 0 Å². The van der Waals surface area contributed by atoms with E-state index >= 15 is 0 Å². The molecule has 110 valence electrons. The number of aryl methyl sites for hydroxylation is 1. The van der Waals surface area contributed by atoms with Gasteiger partial charge in [-0.05, 0) is 31.9 Å². The number of amides is 1. The third-order valence-electron chi connectivity index (χ3n) is 4.00. The van der Waals surface area contributed by atoms with Gasteiger partial charge in [0, 0.05) is 4.88 Å². The molecular formula is C15H22N2OS2. The quantitative estimate of drug-likeness (QED) is 0.839. The van der Waals surface area contributed by atoms with Crippen LogP contribution in [0.3, 0.4) is 0 Å². The molecule has 0 bridgehead atoms. The predicted molar refractivity (Wildman–Crippen MR) is 88.4 cm³/mol. The summed E-state index contributed by atoms with van der Waals surface area (Å²) < 4.78 is 0. The van der Waals surface area contributed by atoms with Crippen LogP contribution in [0.5, 0.6) is 0 Å². The summed E-state index contributed by atoms with van der Waals surface area (Å²) in [5.74, 6) is -0.0449. The topological polar surface area (TPSA) is 55.1 Å². The molecular weight excluding hydrogens is 288 g/mol. The Kier molecular flexibility index (Phi) is 5.16. The first-order chi connectivity index (χ1) is 9.53. The SMILES string of the molecule is Cc1ccc(C(=O)NC2(C(N)=S)CCCCCCC2)s1. The molecule has 2 rings (SSSR count). The van der Waals surface area contributed by atoms with E-state index in [1.54, 1.807) is 0 Å². The molecule has 20 heavy (non-hydrogen) atoms. The van der Waals surface area contributed by atoms with Gasteiger partial charge in [-0.2, -0.15) is 0 Å². The first kappa shape index (κ1) is 15.4. The van der Waals surface area contributed by atoms with Crippen molar-refractivity contribution in [1.29, 1.82) is 0 Å². The van der Waals surface area contributed by atoms with E-state index < -0.39 is 5.54 Å². The van der Waals surface area contributed by atoms with Crippen LogP contribution < -0.4 is 11.1 Å². The highest BCUT2D eigenvalue weighted by molar-refractivity contribution is 7.80. The van der Waals surface area contributed by atoms with Crippen LogP contribution in [0.25, 0.3) is 0 Å². The summed E-state index contributed by atoms with van der Waals surface area (Å²) in [7, 11) is 0. The minimum atomic E-state index is -0.495. The third kappa shape index (κ3) is 3.58. The van der Waals surface area contributed by atoms with Crippen LogP contribution in [0.15, 0.2) is 12.1 Å². The zero-order valence-corrected chi connectivity index (χ0v) is 13.5.